The zero-order valence-corrected chi connectivity index (χ0v) is 19.6. The van der Waals surface area contributed by atoms with Crippen molar-refractivity contribution in [3.8, 4) is 0 Å². The van der Waals surface area contributed by atoms with Crippen LogP contribution >= 0.6 is 23.1 Å². The van der Waals surface area contributed by atoms with Crippen molar-refractivity contribution in [3.05, 3.63) is 52.0 Å². The lowest BCUT2D eigenvalue weighted by atomic mass is 10.1. The summed E-state index contributed by atoms with van der Waals surface area (Å²) in [5, 5.41) is 14.6. The van der Waals surface area contributed by atoms with E-state index < -0.39 is 0 Å². The first kappa shape index (κ1) is 22.8. The quantitative estimate of drug-likeness (QED) is 0.441. The van der Waals surface area contributed by atoms with Crippen LogP contribution in [0.1, 0.15) is 60.2 Å². The predicted octanol–water partition coefficient (Wildman–Crippen LogP) is 4.89. The largest absolute Gasteiger partial charge is 0.394 e. The van der Waals surface area contributed by atoms with E-state index in [4.69, 9.17) is 4.98 Å². The van der Waals surface area contributed by atoms with Crippen LogP contribution in [0.3, 0.4) is 0 Å². The second-order valence-electron chi connectivity index (χ2n) is 7.46. The van der Waals surface area contributed by atoms with E-state index in [9.17, 15) is 9.90 Å². The molecular formula is C23H31N3O2S2. The smallest absolute Gasteiger partial charge is 0.251 e. The molecule has 1 aromatic carbocycles. The Kier molecular flexibility index (Phi) is 8.36. The van der Waals surface area contributed by atoms with Crippen LogP contribution in [-0.4, -0.2) is 45.2 Å². The van der Waals surface area contributed by atoms with Crippen molar-refractivity contribution in [1.82, 2.24) is 14.9 Å². The van der Waals surface area contributed by atoms with Gasteiger partial charge < -0.3 is 15.0 Å². The van der Waals surface area contributed by atoms with Crippen LogP contribution < -0.4 is 5.32 Å². The fraction of sp³-hybridized carbons (Fsp3) is 0.478. The fourth-order valence-corrected chi connectivity index (χ4v) is 5.00. The first-order chi connectivity index (χ1) is 14.6. The molecule has 0 aliphatic rings. The summed E-state index contributed by atoms with van der Waals surface area (Å²) in [7, 11) is 0. The molecule has 2 heterocycles. The van der Waals surface area contributed by atoms with Crippen molar-refractivity contribution >= 4 is 40.0 Å². The molecule has 162 valence electrons. The Morgan fingerprint density at radius 2 is 2.10 bits per heavy atom. The van der Waals surface area contributed by atoms with Gasteiger partial charge in [0.1, 0.15) is 5.82 Å². The molecule has 1 atom stereocenters. The first-order valence-corrected chi connectivity index (χ1v) is 12.8. The summed E-state index contributed by atoms with van der Waals surface area (Å²) in [6, 6.07) is 10.1. The number of carbonyl (C=O) groups excluding carboxylic acids is 1. The fourth-order valence-electron chi connectivity index (χ4n) is 3.78. The van der Waals surface area contributed by atoms with Gasteiger partial charge in [0, 0.05) is 22.9 Å². The predicted molar refractivity (Wildman–Crippen MR) is 128 cm³/mol. The molecule has 1 amide bonds. The zero-order chi connectivity index (χ0) is 21.5. The van der Waals surface area contributed by atoms with Gasteiger partial charge in [-0.25, -0.2) is 4.98 Å². The van der Waals surface area contributed by atoms with E-state index >= 15 is 0 Å². The second-order valence-corrected chi connectivity index (χ2v) is 9.48. The van der Waals surface area contributed by atoms with Crippen LogP contribution in [0.5, 0.6) is 0 Å². The highest BCUT2D eigenvalue weighted by atomic mass is 32.2. The third-order valence-corrected chi connectivity index (χ3v) is 6.99. The van der Waals surface area contributed by atoms with E-state index in [0.717, 1.165) is 48.3 Å². The maximum Gasteiger partial charge on any atom is 0.251 e. The van der Waals surface area contributed by atoms with E-state index in [1.807, 2.05) is 24.5 Å². The number of hydrogen-bond donors (Lipinski definition) is 2. The Morgan fingerprint density at radius 1 is 1.30 bits per heavy atom. The van der Waals surface area contributed by atoms with Crippen molar-refractivity contribution in [3.63, 3.8) is 0 Å². The minimum absolute atomic E-state index is 0.0528. The highest BCUT2D eigenvalue weighted by Gasteiger charge is 2.19. The van der Waals surface area contributed by atoms with Crippen LogP contribution in [0, 0.1) is 0 Å². The van der Waals surface area contributed by atoms with E-state index in [-0.39, 0.29) is 18.6 Å². The summed E-state index contributed by atoms with van der Waals surface area (Å²) in [6.07, 6.45) is 5.64. The molecular weight excluding hydrogens is 414 g/mol. The number of nitrogens with one attached hydrogen (secondary N) is 1. The number of imidazole rings is 1. The minimum Gasteiger partial charge on any atom is -0.394 e. The minimum atomic E-state index is -0.225. The van der Waals surface area contributed by atoms with Gasteiger partial charge in [0.15, 0.2) is 0 Å². The lowest BCUT2D eigenvalue weighted by Gasteiger charge is -2.19. The van der Waals surface area contributed by atoms with Crippen LogP contribution in [0.25, 0.3) is 11.0 Å². The maximum absolute atomic E-state index is 12.8. The number of benzene rings is 1. The van der Waals surface area contributed by atoms with Gasteiger partial charge in [-0.3, -0.25) is 4.79 Å². The lowest BCUT2D eigenvalue weighted by Crippen LogP contribution is -2.37. The van der Waals surface area contributed by atoms with Gasteiger partial charge in [-0.15, -0.1) is 11.3 Å². The van der Waals surface area contributed by atoms with E-state index in [1.165, 1.54) is 4.88 Å². The maximum atomic E-state index is 12.8. The van der Waals surface area contributed by atoms with Crippen molar-refractivity contribution in [2.75, 3.05) is 18.6 Å². The number of hydrogen-bond acceptors (Lipinski definition) is 5. The molecule has 2 aromatic heterocycles. The molecule has 0 bridgehead atoms. The highest BCUT2D eigenvalue weighted by Crippen LogP contribution is 2.28. The molecule has 2 N–H and O–H groups in total. The summed E-state index contributed by atoms with van der Waals surface area (Å²) in [5.41, 5.74) is 2.51. The normalized spacial score (nSPS) is 12.6. The molecule has 0 fully saturated rings. The van der Waals surface area contributed by atoms with Crippen LogP contribution in [0.4, 0.5) is 0 Å². The number of thiophene rings is 1. The second kappa shape index (κ2) is 11.0. The summed E-state index contributed by atoms with van der Waals surface area (Å²) in [6.45, 7) is 4.36. The molecule has 0 aliphatic carbocycles. The zero-order valence-electron chi connectivity index (χ0n) is 17.9. The van der Waals surface area contributed by atoms with Gasteiger partial charge in [0.05, 0.1) is 23.7 Å². The summed E-state index contributed by atoms with van der Waals surface area (Å²) in [5.74, 6) is 1.79. The van der Waals surface area contributed by atoms with Crippen LogP contribution in [0.15, 0.2) is 35.7 Å². The summed E-state index contributed by atoms with van der Waals surface area (Å²) < 4.78 is 2.35. The molecule has 0 saturated carbocycles. The van der Waals surface area contributed by atoms with Crippen molar-refractivity contribution in [2.45, 2.75) is 51.6 Å². The monoisotopic (exact) mass is 445 g/mol. The van der Waals surface area contributed by atoms with Gasteiger partial charge in [-0.1, -0.05) is 19.9 Å². The van der Waals surface area contributed by atoms with Gasteiger partial charge in [-0.2, -0.15) is 11.8 Å². The van der Waals surface area contributed by atoms with E-state index in [0.29, 0.717) is 11.6 Å². The average molecular weight is 446 g/mol. The summed E-state index contributed by atoms with van der Waals surface area (Å²) >= 11 is 3.45. The number of aliphatic hydroxyl groups excluding tert-OH is 1. The summed E-state index contributed by atoms with van der Waals surface area (Å²) in [4.78, 5) is 19.0. The topological polar surface area (TPSA) is 67.2 Å². The van der Waals surface area contributed by atoms with E-state index in [2.05, 4.69) is 41.2 Å². The molecule has 3 rings (SSSR count). The van der Waals surface area contributed by atoms with Crippen molar-refractivity contribution < 1.29 is 9.90 Å². The number of thioether (sulfide) groups is 1. The first-order valence-electron chi connectivity index (χ1n) is 10.5. The number of rotatable bonds is 11. The van der Waals surface area contributed by atoms with Crippen LogP contribution in [-0.2, 0) is 6.42 Å². The van der Waals surface area contributed by atoms with E-state index in [1.54, 1.807) is 23.1 Å². The number of fused-ring (bicyclic) bond motifs is 1. The molecule has 0 spiro atoms. The molecule has 30 heavy (non-hydrogen) atoms. The van der Waals surface area contributed by atoms with Crippen molar-refractivity contribution in [2.24, 2.45) is 0 Å². The number of amides is 1. The standard InChI is InChI=1S/C23H31N3O2S2/c1-4-18(5-2)26-21-9-8-16(23(28)24-17(15-27)10-12-29-3)13-20(21)25-22(26)14-19-7-6-11-30-19/h6-9,11,13,17-18,27H,4-5,10,12,14-15H2,1-3H3,(H,24,28)/t17-/m1/s1. The Morgan fingerprint density at radius 3 is 2.73 bits per heavy atom. The van der Waals surface area contributed by atoms with Gasteiger partial charge in [0.25, 0.3) is 5.91 Å². The molecule has 0 saturated heterocycles. The molecule has 0 unspecified atom stereocenters. The lowest BCUT2D eigenvalue weighted by molar-refractivity contribution is 0.0915. The molecule has 3 aromatic rings. The third kappa shape index (κ3) is 5.25. The number of carbonyl (C=O) groups is 1. The number of nitrogens with zero attached hydrogens (tertiary/aromatic N) is 2. The number of aliphatic hydroxyl groups is 1. The SMILES string of the molecule is CCC(CC)n1c(Cc2cccs2)nc2cc(C(=O)N[C@@H](CO)CCSC)ccc21. The van der Waals surface area contributed by atoms with Crippen LogP contribution in [0.2, 0.25) is 0 Å². The Balaban J connectivity index is 1.92. The number of aromatic nitrogens is 2. The van der Waals surface area contributed by atoms with Gasteiger partial charge in [0.2, 0.25) is 0 Å². The molecule has 5 nitrogen and oxygen atoms in total. The van der Waals surface area contributed by atoms with Gasteiger partial charge >= 0.3 is 0 Å². The van der Waals surface area contributed by atoms with Crippen molar-refractivity contribution in [1.29, 1.82) is 0 Å². The molecule has 7 heteroatoms. The van der Waals surface area contributed by atoms with Gasteiger partial charge in [-0.05, 0) is 60.9 Å². The Bertz CT molecular complexity index is 949. The Labute approximate surface area is 186 Å². The third-order valence-electron chi connectivity index (χ3n) is 5.47. The molecule has 0 radical (unpaired) electrons. The molecule has 0 aliphatic heterocycles. The Hall–Kier alpha value is -1.83. The average Bonchev–Trinajstić information content (AvgIpc) is 3.39. The highest BCUT2D eigenvalue weighted by molar-refractivity contribution is 7.98.